The number of imidazole rings is 1. The normalized spacial score (nSPS) is 10.8. The van der Waals surface area contributed by atoms with Crippen LogP contribution in [-0.2, 0) is 13.6 Å². The van der Waals surface area contributed by atoms with Gasteiger partial charge in [-0.2, -0.15) is 4.39 Å². The van der Waals surface area contributed by atoms with Gasteiger partial charge in [-0.25, -0.2) is 9.97 Å². The highest BCUT2D eigenvalue weighted by Gasteiger charge is 2.06. The summed E-state index contributed by atoms with van der Waals surface area (Å²) in [5, 5.41) is 3.07. The van der Waals surface area contributed by atoms with Crippen molar-refractivity contribution < 1.29 is 4.39 Å². The number of hydrogen-bond acceptors (Lipinski definition) is 3. The fourth-order valence-electron chi connectivity index (χ4n) is 2.03. The number of hydrogen-bond donors (Lipinski definition) is 1. The van der Waals surface area contributed by atoms with Gasteiger partial charge in [0.2, 0.25) is 5.95 Å². The van der Waals surface area contributed by atoms with Crippen molar-refractivity contribution in [3.63, 3.8) is 0 Å². The van der Waals surface area contributed by atoms with E-state index in [4.69, 9.17) is 0 Å². The molecule has 0 saturated heterocycles. The molecule has 0 bridgehead atoms. The minimum Gasteiger partial charge on any atom is -0.363 e. The molecule has 96 valence electrons. The standard InChI is InChI=1S/C14H13FN4/c1-19-11-6-3-2-5-10(11)17-14(19)9-16-13-8-4-7-12(15)18-13/h2-8H,9H2,1H3,(H,16,18). The molecule has 3 rings (SSSR count). The van der Waals surface area contributed by atoms with E-state index < -0.39 is 5.95 Å². The van der Waals surface area contributed by atoms with Crippen LogP contribution in [0, 0.1) is 5.95 Å². The van der Waals surface area contributed by atoms with Crippen LogP contribution in [0.1, 0.15) is 5.82 Å². The van der Waals surface area contributed by atoms with Gasteiger partial charge in [0, 0.05) is 7.05 Å². The van der Waals surface area contributed by atoms with Crippen LogP contribution in [0.2, 0.25) is 0 Å². The van der Waals surface area contributed by atoms with Crippen LogP contribution < -0.4 is 5.32 Å². The Labute approximate surface area is 109 Å². The average molecular weight is 256 g/mol. The van der Waals surface area contributed by atoms with E-state index >= 15 is 0 Å². The van der Waals surface area contributed by atoms with E-state index in [1.807, 2.05) is 35.9 Å². The van der Waals surface area contributed by atoms with E-state index in [2.05, 4.69) is 15.3 Å². The molecule has 0 spiro atoms. The topological polar surface area (TPSA) is 42.7 Å². The monoisotopic (exact) mass is 256 g/mol. The predicted octanol–water partition coefficient (Wildman–Crippen LogP) is 2.72. The summed E-state index contributed by atoms with van der Waals surface area (Å²) in [5.74, 6) is 0.898. The number of anilines is 1. The van der Waals surface area contributed by atoms with Gasteiger partial charge in [-0.3, -0.25) is 0 Å². The van der Waals surface area contributed by atoms with Crippen LogP contribution in [0.5, 0.6) is 0 Å². The summed E-state index contributed by atoms with van der Waals surface area (Å²) < 4.78 is 15.0. The number of rotatable bonds is 3. The number of aryl methyl sites for hydroxylation is 1. The zero-order valence-corrected chi connectivity index (χ0v) is 10.5. The second-order valence-corrected chi connectivity index (χ2v) is 4.27. The minimum absolute atomic E-state index is 0.491. The molecular weight excluding hydrogens is 243 g/mol. The molecule has 0 aliphatic carbocycles. The van der Waals surface area contributed by atoms with Crippen LogP contribution in [0.15, 0.2) is 42.5 Å². The number of aromatic nitrogens is 3. The SMILES string of the molecule is Cn1c(CNc2cccc(F)n2)nc2ccccc21. The zero-order chi connectivity index (χ0) is 13.2. The third-order valence-corrected chi connectivity index (χ3v) is 3.02. The Kier molecular flexibility index (Phi) is 2.87. The lowest BCUT2D eigenvalue weighted by Gasteiger charge is -2.05. The maximum Gasteiger partial charge on any atom is 0.214 e. The number of fused-ring (bicyclic) bond motifs is 1. The van der Waals surface area contributed by atoms with Crippen LogP contribution in [-0.4, -0.2) is 14.5 Å². The molecule has 0 unspecified atom stereocenters. The van der Waals surface area contributed by atoms with Crippen LogP contribution in [0.25, 0.3) is 11.0 Å². The van der Waals surface area contributed by atoms with Crippen molar-refractivity contribution >= 4 is 16.9 Å². The van der Waals surface area contributed by atoms with Crippen LogP contribution in [0.4, 0.5) is 10.2 Å². The van der Waals surface area contributed by atoms with Crippen LogP contribution in [0.3, 0.4) is 0 Å². The summed E-state index contributed by atoms with van der Waals surface area (Å²) in [4.78, 5) is 8.29. The molecule has 2 aromatic heterocycles. The Bertz CT molecular complexity index is 720. The molecular formula is C14H13FN4. The predicted molar refractivity (Wildman–Crippen MR) is 72.2 cm³/mol. The highest BCUT2D eigenvalue weighted by atomic mass is 19.1. The van der Waals surface area contributed by atoms with Crippen molar-refractivity contribution in [2.75, 3.05) is 5.32 Å². The Hall–Kier alpha value is -2.43. The van der Waals surface area contributed by atoms with Gasteiger partial charge in [-0.15, -0.1) is 0 Å². The molecule has 19 heavy (non-hydrogen) atoms. The maximum atomic E-state index is 13.0. The van der Waals surface area contributed by atoms with Gasteiger partial charge < -0.3 is 9.88 Å². The highest BCUT2D eigenvalue weighted by Crippen LogP contribution is 2.15. The van der Waals surface area contributed by atoms with E-state index in [0.717, 1.165) is 16.9 Å². The molecule has 5 heteroatoms. The third kappa shape index (κ3) is 2.27. The van der Waals surface area contributed by atoms with E-state index in [1.165, 1.54) is 6.07 Å². The van der Waals surface area contributed by atoms with Crippen molar-refractivity contribution in [3.05, 3.63) is 54.2 Å². The van der Waals surface area contributed by atoms with E-state index in [1.54, 1.807) is 12.1 Å². The Balaban J connectivity index is 1.84. The fraction of sp³-hybridized carbons (Fsp3) is 0.143. The molecule has 0 amide bonds. The van der Waals surface area contributed by atoms with Crippen molar-refractivity contribution in [1.82, 2.24) is 14.5 Å². The average Bonchev–Trinajstić information content (AvgIpc) is 2.74. The van der Waals surface area contributed by atoms with Gasteiger partial charge in [0.1, 0.15) is 11.6 Å². The zero-order valence-electron chi connectivity index (χ0n) is 10.5. The number of para-hydroxylation sites is 2. The Morgan fingerprint density at radius 2 is 1.95 bits per heavy atom. The first-order chi connectivity index (χ1) is 9.24. The third-order valence-electron chi connectivity index (χ3n) is 3.02. The second kappa shape index (κ2) is 4.68. The minimum atomic E-state index is -0.491. The molecule has 0 atom stereocenters. The summed E-state index contributed by atoms with van der Waals surface area (Å²) in [7, 11) is 1.96. The number of halogens is 1. The smallest absolute Gasteiger partial charge is 0.214 e. The first kappa shape index (κ1) is 11.6. The quantitative estimate of drug-likeness (QED) is 0.733. The van der Waals surface area contributed by atoms with E-state index in [0.29, 0.717) is 12.4 Å². The molecule has 0 saturated carbocycles. The molecule has 2 heterocycles. The summed E-state index contributed by atoms with van der Waals surface area (Å²) in [5.41, 5.74) is 2.03. The molecule has 0 radical (unpaired) electrons. The van der Waals surface area contributed by atoms with Crippen molar-refractivity contribution in [2.45, 2.75) is 6.54 Å². The van der Waals surface area contributed by atoms with Gasteiger partial charge >= 0.3 is 0 Å². The summed E-state index contributed by atoms with van der Waals surface area (Å²) in [6, 6.07) is 12.6. The van der Waals surface area contributed by atoms with Crippen molar-refractivity contribution in [3.8, 4) is 0 Å². The summed E-state index contributed by atoms with van der Waals surface area (Å²) in [6.45, 7) is 0.502. The van der Waals surface area contributed by atoms with E-state index in [9.17, 15) is 4.39 Å². The summed E-state index contributed by atoms with van der Waals surface area (Å²) >= 11 is 0. The Morgan fingerprint density at radius 3 is 2.74 bits per heavy atom. The lowest BCUT2D eigenvalue weighted by Crippen LogP contribution is -2.07. The van der Waals surface area contributed by atoms with E-state index in [-0.39, 0.29) is 0 Å². The lowest BCUT2D eigenvalue weighted by molar-refractivity contribution is 0.585. The molecule has 3 aromatic rings. The first-order valence-corrected chi connectivity index (χ1v) is 6.01. The molecule has 0 fully saturated rings. The fourth-order valence-corrected chi connectivity index (χ4v) is 2.03. The molecule has 0 aliphatic rings. The molecule has 4 nitrogen and oxygen atoms in total. The second-order valence-electron chi connectivity index (χ2n) is 4.27. The lowest BCUT2D eigenvalue weighted by atomic mass is 10.3. The van der Waals surface area contributed by atoms with Gasteiger partial charge in [0.15, 0.2) is 0 Å². The van der Waals surface area contributed by atoms with Gasteiger partial charge in [-0.05, 0) is 24.3 Å². The van der Waals surface area contributed by atoms with Crippen LogP contribution >= 0.6 is 0 Å². The summed E-state index contributed by atoms with van der Waals surface area (Å²) in [6.07, 6.45) is 0. The highest BCUT2D eigenvalue weighted by molar-refractivity contribution is 5.75. The van der Waals surface area contributed by atoms with Gasteiger partial charge in [0.25, 0.3) is 0 Å². The molecule has 0 aliphatic heterocycles. The first-order valence-electron chi connectivity index (χ1n) is 6.01. The maximum absolute atomic E-state index is 13.0. The van der Waals surface area contributed by atoms with Crippen molar-refractivity contribution in [2.24, 2.45) is 7.05 Å². The number of pyridine rings is 1. The molecule has 1 N–H and O–H groups in total. The van der Waals surface area contributed by atoms with Crippen molar-refractivity contribution in [1.29, 1.82) is 0 Å². The number of benzene rings is 1. The number of nitrogens with zero attached hydrogens (tertiary/aromatic N) is 3. The van der Waals surface area contributed by atoms with Gasteiger partial charge in [-0.1, -0.05) is 18.2 Å². The van der Waals surface area contributed by atoms with Gasteiger partial charge in [0.05, 0.1) is 17.6 Å². The molecule has 1 aromatic carbocycles. The number of nitrogens with one attached hydrogen (secondary N) is 1. The largest absolute Gasteiger partial charge is 0.363 e. The Morgan fingerprint density at radius 1 is 1.11 bits per heavy atom.